The minimum atomic E-state index is -0.313. The van der Waals surface area contributed by atoms with Crippen molar-refractivity contribution in [2.45, 2.75) is 32.7 Å². The van der Waals surface area contributed by atoms with E-state index in [1.165, 1.54) is 5.56 Å². The lowest BCUT2D eigenvalue weighted by atomic mass is 10.0. The van der Waals surface area contributed by atoms with E-state index >= 15 is 0 Å². The number of ether oxygens (including phenoxy) is 1. The Hall–Kier alpha value is -4.00. The van der Waals surface area contributed by atoms with E-state index in [0.29, 0.717) is 31.2 Å². The van der Waals surface area contributed by atoms with Crippen molar-refractivity contribution in [1.29, 1.82) is 0 Å². The summed E-state index contributed by atoms with van der Waals surface area (Å²) in [4.78, 5) is 29.2. The highest BCUT2D eigenvalue weighted by molar-refractivity contribution is 6.00. The lowest BCUT2D eigenvalue weighted by molar-refractivity contribution is 0.192. The third kappa shape index (κ3) is 5.93. The summed E-state index contributed by atoms with van der Waals surface area (Å²) in [5, 5.41) is 5.69. The number of urea groups is 2. The number of para-hydroxylation sites is 1. The molecule has 2 N–H and O–H groups in total. The van der Waals surface area contributed by atoms with Gasteiger partial charge < -0.3 is 20.3 Å². The summed E-state index contributed by atoms with van der Waals surface area (Å²) in [6, 6.07) is 22.6. The number of anilines is 3. The molecular formula is C28H32N4O3. The van der Waals surface area contributed by atoms with Gasteiger partial charge in [-0.2, -0.15) is 0 Å². The number of hydrogen-bond acceptors (Lipinski definition) is 3. The zero-order valence-corrected chi connectivity index (χ0v) is 20.5. The number of nitrogens with one attached hydrogen (secondary N) is 2. The van der Waals surface area contributed by atoms with E-state index in [-0.39, 0.29) is 12.1 Å². The van der Waals surface area contributed by atoms with Gasteiger partial charge in [0.2, 0.25) is 0 Å². The predicted molar refractivity (Wildman–Crippen MR) is 140 cm³/mol. The van der Waals surface area contributed by atoms with E-state index < -0.39 is 0 Å². The second kappa shape index (κ2) is 11.0. The number of carbonyl (C=O) groups is 2. The number of methoxy groups -OCH3 is 1. The summed E-state index contributed by atoms with van der Waals surface area (Å²) < 4.78 is 5.44. The van der Waals surface area contributed by atoms with Crippen LogP contribution in [0.15, 0.2) is 72.8 Å². The van der Waals surface area contributed by atoms with E-state index in [1.54, 1.807) is 12.0 Å². The summed E-state index contributed by atoms with van der Waals surface area (Å²) in [6.07, 6.45) is 0.874. The monoisotopic (exact) mass is 472 g/mol. The van der Waals surface area contributed by atoms with Crippen molar-refractivity contribution in [1.82, 2.24) is 4.90 Å². The van der Waals surface area contributed by atoms with Gasteiger partial charge in [-0.1, -0.05) is 44.2 Å². The molecule has 35 heavy (non-hydrogen) atoms. The van der Waals surface area contributed by atoms with Gasteiger partial charge in [0.1, 0.15) is 5.75 Å². The summed E-state index contributed by atoms with van der Waals surface area (Å²) in [6.45, 7) is 6.12. The molecule has 0 radical (unpaired) electrons. The smallest absolute Gasteiger partial charge is 0.324 e. The summed E-state index contributed by atoms with van der Waals surface area (Å²) >= 11 is 0. The molecule has 0 saturated carbocycles. The van der Waals surface area contributed by atoms with Crippen LogP contribution in [0.1, 0.15) is 37.3 Å². The lowest BCUT2D eigenvalue weighted by Gasteiger charge is -2.36. The van der Waals surface area contributed by atoms with Gasteiger partial charge in [-0.15, -0.1) is 0 Å². The van der Waals surface area contributed by atoms with E-state index in [4.69, 9.17) is 4.74 Å². The SMILES string of the molecule is COc1ccccc1CN1CCCN(c2ccc(NC(=O)Nc3ccc(C(C)C)cc3)cc2)C1=O. The first-order valence-corrected chi connectivity index (χ1v) is 11.9. The maximum Gasteiger partial charge on any atom is 0.324 e. The van der Waals surface area contributed by atoms with Gasteiger partial charge >= 0.3 is 12.1 Å². The molecule has 0 aliphatic carbocycles. The Morgan fingerprint density at radius 3 is 2.17 bits per heavy atom. The van der Waals surface area contributed by atoms with Crippen molar-refractivity contribution in [3.63, 3.8) is 0 Å². The largest absolute Gasteiger partial charge is 0.496 e. The van der Waals surface area contributed by atoms with Crippen LogP contribution >= 0.6 is 0 Å². The minimum Gasteiger partial charge on any atom is -0.496 e. The Morgan fingerprint density at radius 2 is 1.54 bits per heavy atom. The molecule has 1 aliphatic heterocycles. The third-order valence-electron chi connectivity index (χ3n) is 6.14. The first-order valence-electron chi connectivity index (χ1n) is 11.9. The van der Waals surface area contributed by atoms with Gasteiger partial charge in [-0.3, -0.25) is 4.90 Å². The third-order valence-corrected chi connectivity index (χ3v) is 6.14. The van der Waals surface area contributed by atoms with Crippen LogP contribution in [0.2, 0.25) is 0 Å². The normalized spacial score (nSPS) is 13.7. The summed E-state index contributed by atoms with van der Waals surface area (Å²) in [5.41, 5.74) is 4.39. The average molecular weight is 473 g/mol. The van der Waals surface area contributed by atoms with Crippen molar-refractivity contribution in [2.75, 3.05) is 35.7 Å². The molecule has 7 nitrogen and oxygen atoms in total. The van der Waals surface area contributed by atoms with Crippen molar-refractivity contribution in [3.8, 4) is 5.75 Å². The first kappa shape index (κ1) is 24.1. The van der Waals surface area contributed by atoms with Gasteiger partial charge in [0.05, 0.1) is 13.7 Å². The maximum atomic E-state index is 13.2. The number of hydrogen-bond donors (Lipinski definition) is 2. The Kier molecular flexibility index (Phi) is 7.55. The Labute approximate surface area is 206 Å². The molecule has 0 spiro atoms. The van der Waals surface area contributed by atoms with E-state index in [0.717, 1.165) is 29.1 Å². The number of amides is 4. The maximum absolute atomic E-state index is 13.2. The second-order valence-electron chi connectivity index (χ2n) is 8.92. The van der Waals surface area contributed by atoms with Crippen molar-refractivity contribution >= 4 is 29.1 Å². The zero-order chi connectivity index (χ0) is 24.8. The fraction of sp³-hybridized carbons (Fsp3) is 0.286. The van der Waals surface area contributed by atoms with Gasteiger partial charge in [-0.05, 0) is 60.4 Å². The van der Waals surface area contributed by atoms with E-state index in [2.05, 4.69) is 24.5 Å². The van der Waals surface area contributed by atoms with Gasteiger partial charge in [0, 0.05) is 35.7 Å². The molecule has 1 fully saturated rings. The van der Waals surface area contributed by atoms with Crippen molar-refractivity contribution in [3.05, 3.63) is 83.9 Å². The topological polar surface area (TPSA) is 73.9 Å². The average Bonchev–Trinajstić information content (AvgIpc) is 2.86. The fourth-order valence-corrected chi connectivity index (χ4v) is 4.18. The number of nitrogens with zero attached hydrogens (tertiary/aromatic N) is 2. The molecule has 4 rings (SSSR count). The van der Waals surface area contributed by atoms with Gasteiger partial charge in [0.15, 0.2) is 0 Å². The van der Waals surface area contributed by atoms with Crippen LogP contribution in [0.5, 0.6) is 5.75 Å². The Balaban J connectivity index is 1.36. The molecule has 4 amide bonds. The highest BCUT2D eigenvalue weighted by atomic mass is 16.5. The fourth-order valence-electron chi connectivity index (χ4n) is 4.18. The lowest BCUT2D eigenvalue weighted by Crippen LogP contribution is -2.49. The molecule has 0 atom stereocenters. The van der Waals surface area contributed by atoms with Crippen LogP contribution < -0.4 is 20.3 Å². The van der Waals surface area contributed by atoms with Crippen LogP contribution in [-0.4, -0.2) is 37.2 Å². The van der Waals surface area contributed by atoms with E-state index in [1.807, 2.05) is 77.7 Å². The van der Waals surface area contributed by atoms with Crippen LogP contribution in [0.4, 0.5) is 26.7 Å². The van der Waals surface area contributed by atoms with Crippen molar-refractivity contribution in [2.24, 2.45) is 0 Å². The van der Waals surface area contributed by atoms with Crippen LogP contribution in [0, 0.1) is 0 Å². The van der Waals surface area contributed by atoms with Crippen LogP contribution in [0.3, 0.4) is 0 Å². The molecular weight excluding hydrogens is 440 g/mol. The second-order valence-corrected chi connectivity index (χ2v) is 8.92. The molecule has 0 bridgehead atoms. The first-order chi connectivity index (χ1) is 16.9. The zero-order valence-electron chi connectivity index (χ0n) is 20.5. The number of benzene rings is 3. The predicted octanol–water partition coefficient (Wildman–Crippen LogP) is 6.29. The molecule has 0 aromatic heterocycles. The van der Waals surface area contributed by atoms with Gasteiger partial charge in [-0.25, -0.2) is 9.59 Å². The van der Waals surface area contributed by atoms with Crippen LogP contribution in [0.25, 0.3) is 0 Å². The molecule has 0 unspecified atom stereocenters. The molecule has 3 aromatic rings. The molecule has 1 saturated heterocycles. The molecule has 182 valence electrons. The van der Waals surface area contributed by atoms with Crippen molar-refractivity contribution < 1.29 is 14.3 Å². The highest BCUT2D eigenvalue weighted by Gasteiger charge is 2.27. The molecule has 1 aliphatic rings. The molecule has 1 heterocycles. The van der Waals surface area contributed by atoms with Gasteiger partial charge in [0.25, 0.3) is 0 Å². The summed E-state index contributed by atoms with van der Waals surface area (Å²) in [5.74, 6) is 1.22. The van der Waals surface area contributed by atoms with E-state index in [9.17, 15) is 9.59 Å². The quantitative estimate of drug-likeness (QED) is 0.424. The van der Waals surface area contributed by atoms with Crippen LogP contribution in [-0.2, 0) is 6.54 Å². The molecule has 3 aromatic carbocycles. The Bertz CT molecular complexity index is 1160. The highest BCUT2D eigenvalue weighted by Crippen LogP contribution is 2.26. The summed E-state index contributed by atoms with van der Waals surface area (Å²) in [7, 11) is 1.64. The standard InChI is InChI=1S/C28H32N4O3/c1-20(2)21-9-11-23(12-10-21)29-27(33)30-24-13-15-25(16-14-24)32-18-6-17-31(28(32)34)19-22-7-4-5-8-26(22)35-3/h4-5,7-16,20H,6,17-19H2,1-3H3,(H2,29,30,33). The minimum absolute atomic E-state index is 0.0366. The number of rotatable bonds is 7. The number of carbonyl (C=O) groups excluding carboxylic acids is 2. The molecule has 7 heteroatoms. The Morgan fingerprint density at radius 1 is 0.914 bits per heavy atom.